The number of nitrogens with one attached hydrogen (secondary N) is 1. The maximum Gasteiger partial charge on any atom is 0.326 e. The summed E-state index contributed by atoms with van der Waals surface area (Å²) in [7, 11) is 0. The summed E-state index contributed by atoms with van der Waals surface area (Å²) in [6, 6.07) is 21.0. The lowest BCUT2D eigenvalue weighted by molar-refractivity contribution is -0.113. The third-order valence-electron chi connectivity index (χ3n) is 6.26. The minimum absolute atomic E-state index is 0.116. The smallest absolute Gasteiger partial charge is 0.326 e. The molecule has 1 aromatic heterocycles. The van der Waals surface area contributed by atoms with Crippen LogP contribution in [0, 0.1) is 6.92 Å². The number of ether oxygens (including phenoxy) is 2. The maximum atomic E-state index is 13.5. The first-order chi connectivity index (χ1) is 18.1. The summed E-state index contributed by atoms with van der Waals surface area (Å²) < 4.78 is 12.6. The number of amides is 1. The standard InChI is InChI=1S/C28H24N4O4S/c1-18-7-10-20(11-8-18)32-26(33)22(15-19-9-12-24-25(16-19)36-17-35-24)30-28(32)37-14-4-13-31-23-6-3-2-5-21(23)29-27(31)34/h2-3,5-12,15-16H,4,13-14,17H2,1H3,(H,29,34)/b22-15+. The van der Waals surface area contributed by atoms with Crippen molar-refractivity contribution < 1.29 is 14.3 Å². The van der Waals surface area contributed by atoms with Crippen molar-refractivity contribution in [3.8, 4) is 11.5 Å². The van der Waals surface area contributed by atoms with Gasteiger partial charge in [0.15, 0.2) is 16.7 Å². The first-order valence-corrected chi connectivity index (χ1v) is 13.0. The second-order valence-electron chi connectivity index (χ2n) is 8.81. The van der Waals surface area contributed by atoms with Crippen LogP contribution in [0.4, 0.5) is 5.69 Å². The SMILES string of the molecule is Cc1ccc(N2C(=O)/C(=C\c3ccc4c(c3)OCO4)N=C2SCCCn2c(=O)[nH]c3ccccc32)cc1. The van der Waals surface area contributed by atoms with Crippen LogP contribution in [0.15, 0.2) is 82.2 Å². The Hall–Kier alpha value is -4.24. The number of imidazole rings is 1. The molecule has 3 aromatic carbocycles. The molecule has 0 radical (unpaired) electrons. The number of aromatic amines is 1. The van der Waals surface area contributed by atoms with Gasteiger partial charge in [0.2, 0.25) is 6.79 Å². The van der Waals surface area contributed by atoms with Crippen molar-refractivity contribution in [1.29, 1.82) is 0 Å². The van der Waals surface area contributed by atoms with Crippen molar-refractivity contribution in [3.05, 3.63) is 94.0 Å². The number of benzene rings is 3. The predicted octanol–water partition coefficient (Wildman–Crippen LogP) is 4.93. The molecular weight excluding hydrogens is 488 g/mol. The number of H-pyrrole nitrogens is 1. The van der Waals surface area contributed by atoms with Crippen LogP contribution in [0.3, 0.4) is 0 Å². The number of hydrogen-bond donors (Lipinski definition) is 1. The van der Waals surface area contributed by atoms with Gasteiger partial charge in [-0.3, -0.25) is 14.3 Å². The van der Waals surface area contributed by atoms with Crippen LogP contribution in [0.25, 0.3) is 17.1 Å². The topological polar surface area (TPSA) is 88.9 Å². The summed E-state index contributed by atoms with van der Waals surface area (Å²) in [4.78, 5) is 35.1. The van der Waals surface area contributed by atoms with Gasteiger partial charge in [-0.15, -0.1) is 0 Å². The molecule has 6 rings (SSSR count). The molecule has 1 amide bonds. The molecule has 37 heavy (non-hydrogen) atoms. The Labute approximate surface area is 217 Å². The molecule has 0 fully saturated rings. The number of para-hydroxylation sites is 2. The first kappa shape index (κ1) is 23.2. The molecular formula is C28H24N4O4S. The van der Waals surface area contributed by atoms with E-state index in [1.54, 1.807) is 15.5 Å². The fourth-order valence-corrected chi connectivity index (χ4v) is 5.33. The molecule has 0 aliphatic carbocycles. The van der Waals surface area contributed by atoms with E-state index >= 15 is 0 Å². The second kappa shape index (κ2) is 9.67. The number of fused-ring (bicyclic) bond motifs is 2. The Bertz CT molecular complexity index is 1620. The summed E-state index contributed by atoms with van der Waals surface area (Å²) in [5.41, 5.74) is 4.65. The first-order valence-electron chi connectivity index (χ1n) is 12.0. The number of rotatable bonds is 6. The highest BCUT2D eigenvalue weighted by Gasteiger charge is 2.32. The van der Waals surface area contributed by atoms with Gasteiger partial charge in [0.25, 0.3) is 5.91 Å². The highest BCUT2D eigenvalue weighted by Crippen LogP contribution is 2.34. The van der Waals surface area contributed by atoms with E-state index in [-0.39, 0.29) is 18.4 Å². The van der Waals surface area contributed by atoms with E-state index in [0.29, 0.717) is 34.7 Å². The molecule has 0 atom stereocenters. The predicted molar refractivity (Wildman–Crippen MR) is 146 cm³/mol. The minimum atomic E-state index is -0.183. The number of amidine groups is 1. The number of anilines is 1. The van der Waals surface area contributed by atoms with Gasteiger partial charge in [0.1, 0.15) is 5.70 Å². The summed E-state index contributed by atoms with van der Waals surface area (Å²) in [5.74, 6) is 1.85. The molecule has 1 N–H and O–H groups in total. The van der Waals surface area contributed by atoms with Crippen molar-refractivity contribution in [3.63, 3.8) is 0 Å². The zero-order valence-electron chi connectivity index (χ0n) is 20.1. The summed E-state index contributed by atoms with van der Waals surface area (Å²) in [6.07, 6.45) is 2.51. The van der Waals surface area contributed by atoms with Crippen molar-refractivity contribution in [2.45, 2.75) is 19.9 Å². The summed E-state index contributed by atoms with van der Waals surface area (Å²) >= 11 is 1.51. The number of aromatic nitrogens is 2. The molecule has 9 heteroatoms. The van der Waals surface area contributed by atoms with Gasteiger partial charge in [-0.25, -0.2) is 9.79 Å². The molecule has 3 heterocycles. The third kappa shape index (κ3) is 4.53. The fourth-order valence-electron chi connectivity index (χ4n) is 4.39. The van der Waals surface area contributed by atoms with Crippen molar-refractivity contribution in [2.24, 2.45) is 4.99 Å². The van der Waals surface area contributed by atoms with Crippen LogP contribution in [0.1, 0.15) is 17.5 Å². The molecule has 0 unspecified atom stereocenters. The van der Waals surface area contributed by atoms with Crippen LogP contribution in [0.2, 0.25) is 0 Å². The molecule has 2 aliphatic heterocycles. The van der Waals surface area contributed by atoms with Crippen LogP contribution in [0.5, 0.6) is 11.5 Å². The third-order valence-corrected chi connectivity index (χ3v) is 7.29. The van der Waals surface area contributed by atoms with E-state index in [4.69, 9.17) is 14.5 Å². The monoisotopic (exact) mass is 512 g/mol. The van der Waals surface area contributed by atoms with Gasteiger partial charge in [0.05, 0.1) is 16.7 Å². The van der Waals surface area contributed by atoms with Crippen LogP contribution in [-0.4, -0.2) is 33.2 Å². The minimum Gasteiger partial charge on any atom is -0.454 e. The van der Waals surface area contributed by atoms with Gasteiger partial charge >= 0.3 is 5.69 Å². The van der Waals surface area contributed by atoms with Crippen LogP contribution >= 0.6 is 11.8 Å². The zero-order chi connectivity index (χ0) is 25.4. The Morgan fingerprint density at radius 3 is 2.70 bits per heavy atom. The Kier molecular flexibility index (Phi) is 6.05. The lowest BCUT2D eigenvalue weighted by Gasteiger charge is -2.18. The van der Waals surface area contributed by atoms with Gasteiger partial charge in [-0.2, -0.15) is 0 Å². The lowest BCUT2D eigenvalue weighted by atomic mass is 10.1. The van der Waals surface area contributed by atoms with Crippen LogP contribution in [-0.2, 0) is 11.3 Å². The van der Waals surface area contributed by atoms with Gasteiger partial charge in [0, 0.05) is 12.3 Å². The highest BCUT2D eigenvalue weighted by atomic mass is 32.2. The van der Waals surface area contributed by atoms with E-state index in [2.05, 4.69) is 4.98 Å². The van der Waals surface area contributed by atoms with Crippen LogP contribution < -0.4 is 20.1 Å². The quantitative estimate of drug-likeness (QED) is 0.292. The summed E-state index contributed by atoms with van der Waals surface area (Å²) in [6.45, 7) is 2.78. The number of carbonyl (C=O) groups excluding carboxylic acids is 1. The number of aryl methyl sites for hydroxylation is 2. The number of aliphatic imine (C=N–C) groups is 1. The van der Waals surface area contributed by atoms with E-state index in [1.165, 1.54) is 11.8 Å². The normalized spacial score (nSPS) is 15.7. The molecule has 0 bridgehead atoms. The Morgan fingerprint density at radius 2 is 1.84 bits per heavy atom. The highest BCUT2D eigenvalue weighted by molar-refractivity contribution is 8.14. The molecule has 4 aromatic rings. The van der Waals surface area contributed by atoms with E-state index < -0.39 is 0 Å². The molecule has 2 aliphatic rings. The largest absolute Gasteiger partial charge is 0.454 e. The van der Waals surface area contributed by atoms with Crippen molar-refractivity contribution in [1.82, 2.24) is 9.55 Å². The number of thioether (sulfide) groups is 1. The number of hydrogen-bond acceptors (Lipinski definition) is 6. The molecule has 0 saturated carbocycles. The summed E-state index contributed by atoms with van der Waals surface area (Å²) in [5, 5.41) is 0.618. The van der Waals surface area contributed by atoms with E-state index in [0.717, 1.165) is 34.3 Å². The number of nitrogens with zero attached hydrogens (tertiary/aromatic N) is 3. The Balaban J connectivity index is 1.23. The van der Waals surface area contributed by atoms with Gasteiger partial charge in [-0.1, -0.05) is 47.7 Å². The van der Waals surface area contributed by atoms with Gasteiger partial charge < -0.3 is 14.5 Å². The van der Waals surface area contributed by atoms with Crippen molar-refractivity contribution in [2.75, 3.05) is 17.4 Å². The molecule has 0 spiro atoms. The zero-order valence-corrected chi connectivity index (χ0v) is 21.0. The van der Waals surface area contributed by atoms with E-state index in [1.807, 2.05) is 73.7 Å². The molecule has 8 nitrogen and oxygen atoms in total. The van der Waals surface area contributed by atoms with Crippen molar-refractivity contribution >= 4 is 45.6 Å². The van der Waals surface area contributed by atoms with Gasteiger partial charge in [-0.05, 0) is 61.4 Å². The average Bonchev–Trinajstić information content (AvgIpc) is 3.58. The lowest BCUT2D eigenvalue weighted by Crippen LogP contribution is -2.30. The molecule has 186 valence electrons. The fraction of sp³-hybridized carbons (Fsp3) is 0.179. The maximum absolute atomic E-state index is 13.5. The second-order valence-corrected chi connectivity index (χ2v) is 9.88. The average molecular weight is 513 g/mol. The Morgan fingerprint density at radius 1 is 1.03 bits per heavy atom. The van der Waals surface area contributed by atoms with E-state index in [9.17, 15) is 9.59 Å². The molecule has 0 saturated heterocycles. The number of carbonyl (C=O) groups is 1.